The van der Waals surface area contributed by atoms with Crippen LogP contribution in [0.3, 0.4) is 0 Å². The molecular weight excluding hydrogens is 534 g/mol. The maximum atomic E-state index is 13.1. The van der Waals surface area contributed by atoms with Crippen LogP contribution in [0.25, 0.3) is 0 Å². The van der Waals surface area contributed by atoms with Crippen molar-refractivity contribution in [3.05, 3.63) is 46.6 Å². The van der Waals surface area contributed by atoms with E-state index in [0.717, 1.165) is 11.3 Å². The lowest BCUT2D eigenvalue weighted by atomic mass is 10.00. The van der Waals surface area contributed by atoms with Crippen LogP contribution in [-0.2, 0) is 31.0 Å². The smallest absolute Gasteiger partial charge is 0.244 e. The van der Waals surface area contributed by atoms with Crippen molar-refractivity contribution in [2.45, 2.75) is 29.8 Å². The zero-order valence-electron chi connectivity index (χ0n) is 18.5. The number of benzene rings is 1. The van der Waals surface area contributed by atoms with Crippen molar-refractivity contribution in [1.29, 1.82) is 0 Å². The topological polar surface area (TPSA) is 124 Å². The molecule has 182 valence electrons. The molecule has 0 spiro atoms. The van der Waals surface area contributed by atoms with Gasteiger partial charge in [-0.3, -0.25) is 0 Å². The van der Waals surface area contributed by atoms with Gasteiger partial charge in [-0.25, -0.2) is 26.5 Å². The number of nitrogens with zero attached hydrogens (tertiary/aromatic N) is 1. The van der Waals surface area contributed by atoms with Crippen LogP contribution in [0.1, 0.15) is 18.4 Å². The number of rotatable bonds is 10. The third kappa shape index (κ3) is 6.89. The molecule has 0 radical (unpaired) electrons. The molecule has 1 unspecified atom stereocenters. The highest BCUT2D eigenvalue weighted by Crippen LogP contribution is 2.28. The number of halogens is 1. The normalized spacial score (nSPS) is 20.3. The predicted octanol–water partition coefficient (Wildman–Crippen LogP) is 2.38. The van der Waals surface area contributed by atoms with E-state index in [-0.39, 0.29) is 28.8 Å². The van der Waals surface area contributed by atoms with E-state index in [1.54, 1.807) is 7.11 Å². The van der Waals surface area contributed by atoms with Gasteiger partial charge in [-0.05, 0) is 59.0 Å². The fourth-order valence-corrected chi connectivity index (χ4v) is 7.36. The lowest BCUT2D eigenvalue weighted by Crippen LogP contribution is -2.52. The van der Waals surface area contributed by atoms with E-state index < -0.39 is 25.5 Å². The summed E-state index contributed by atoms with van der Waals surface area (Å²) in [6, 6.07) is 9.07. The molecule has 1 atom stereocenters. The Kier molecular flexibility index (Phi) is 8.38. The van der Waals surface area contributed by atoms with Gasteiger partial charge < -0.3 is 14.8 Å². The van der Waals surface area contributed by atoms with Crippen molar-refractivity contribution in [1.82, 2.24) is 9.71 Å². The highest BCUT2D eigenvalue weighted by molar-refractivity contribution is 9.10. The van der Waals surface area contributed by atoms with Crippen LogP contribution in [0.5, 0.6) is 5.75 Å². The van der Waals surface area contributed by atoms with Crippen molar-refractivity contribution in [2.75, 3.05) is 44.1 Å². The Labute approximate surface area is 203 Å². The second kappa shape index (κ2) is 10.7. The second-order valence-corrected chi connectivity index (χ2v) is 12.8. The van der Waals surface area contributed by atoms with E-state index in [1.807, 2.05) is 24.3 Å². The Bertz CT molecular complexity index is 1170. The number of sulfonamides is 1. The molecular formula is C21H28BrN3O6S2. The molecule has 0 aliphatic carbocycles. The molecule has 1 aromatic carbocycles. The van der Waals surface area contributed by atoms with Crippen LogP contribution in [0, 0.1) is 0 Å². The summed E-state index contributed by atoms with van der Waals surface area (Å²) in [5, 5.41) is 3.09. The summed E-state index contributed by atoms with van der Waals surface area (Å²) in [4.78, 5) is 4.20. The number of hydrogen-bond donors (Lipinski definition) is 2. The summed E-state index contributed by atoms with van der Waals surface area (Å²) in [7, 11) is -4.28. The van der Waals surface area contributed by atoms with Gasteiger partial charge in [0.2, 0.25) is 10.0 Å². The first-order valence-corrected chi connectivity index (χ1v) is 14.5. The van der Waals surface area contributed by atoms with Gasteiger partial charge >= 0.3 is 0 Å². The monoisotopic (exact) mass is 561 g/mol. The zero-order valence-corrected chi connectivity index (χ0v) is 21.7. The molecule has 0 saturated carbocycles. The van der Waals surface area contributed by atoms with E-state index in [2.05, 4.69) is 31.0 Å². The summed E-state index contributed by atoms with van der Waals surface area (Å²) in [5.74, 6) is 0.841. The number of pyridine rings is 1. The standard InChI is InChI=1S/C21H28BrN3O6S2/c1-30-18-6-4-16(5-7-18)8-10-23-20-19(12-17(22)13-24-20)33(28,29)25-14-21(31-2)9-3-11-32(26,27)15-21/h4-7,12-13,25H,3,8-11,14-15H2,1-2H3,(H,23,24). The molecule has 1 aromatic heterocycles. The number of hydrogen-bond acceptors (Lipinski definition) is 8. The Balaban J connectivity index is 1.72. The SMILES string of the molecule is COc1ccc(CCNc2ncc(Br)cc2S(=O)(=O)NCC2(OC)CCCS(=O)(=O)C2)cc1. The van der Waals surface area contributed by atoms with Crippen LogP contribution in [0.15, 0.2) is 45.9 Å². The minimum atomic E-state index is -4.00. The lowest BCUT2D eigenvalue weighted by Gasteiger charge is -2.35. The second-order valence-electron chi connectivity index (χ2n) is 7.93. The molecule has 12 heteroatoms. The summed E-state index contributed by atoms with van der Waals surface area (Å²) in [5.41, 5.74) is -0.0329. The third-order valence-electron chi connectivity index (χ3n) is 5.56. The van der Waals surface area contributed by atoms with Crippen LogP contribution in [0.2, 0.25) is 0 Å². The molecule has 2 heterocycles. The molecule has 33 heavy (non-hydrogen) atoms. The highest BCUT2D eigenvalue weighted by Gasteiger charge is 2.40. The van der Waals surface area contributed by atoms with Gasteiger partial charge in [0.1, 0.15) is 16.5 Å². The number of methoxy groups -OCH3 is 2. The van der Waals surface area contributed by atoms with Crippen molar-refractivity contribution < 1.29 is 26.3 Å². The minimum Gasteiger partial charge on any atom is -0.497 e. The highest BCUT2D eigenvalue weighted by atomic mass is 79.9. The molecule has 1 fully saturated rings. The van der Waals surface area contributed by atoms with E-state index in [9.17, 15) is 16.8 Å². The number of anilines is 1. The quantitative estimate of drug-likeness (QED) is 0.453. The first-order valence-electron chi connectivity index (χ1n) is 10.4. The average molecular weight is 563 g/mol. The Morgan fingerprint density at radius 2 is 1.94 bits per heavy atom. The van der Waals surface area contributed by atoms with Gasteiger partial charge in [-0.1, -0.05) is 12.1 Å². The van der Waals surface area contributed by atoms with Crippen LogP contribution >= 0.6 is 15.9 Å². The summed E-state index contributed by atoms with van der Waals surface area (Å²) in [6.45, 7) is 0.312. The van der Waals surface area contributed by atoms with Gasteiger partial charge in [0.05, 0.1) is 24.2 Å². The predicted molar refractivity (Wildman–Crippen MR) is 130 cm³/mol. The van der Waals surface area contributed by atoms with E-state index in [0.29, 0.717) is 30.3 Å². The maximum absolute atomic E-state index is 13.1. The minimum absolute atomic E-state index is 0.0310. The Morgan fingerprint density at radius 1 is 1.21 bits per heavy atom. The number of ether oxygens (including phenoxy) is 2. The van der Waals surface area contributed by atoms with Gasteiger partial charge in [-0.15, -0.1) is 0 Å². The maximum Gasteiger partial charge on any atom is 0.244 e. The van der Waals surface area contributed by atoms with Crippen LogP contribution < -0.4 is 14.8 Å². The van der Waals surface area contributed by atoms with Crippen molar-refractivity contribution in [2.24, 2.45) is 0 Å². The lowest BCUT2D eigenvalue weighted by molar-refractivity contribution is 0.00343. The number of aromatic nitrogens is 1. The molecule has 3 rings (SSSR count). The molecule has 0 bridgehead atoms. The molecule has 2 aromatic rings. The average Bonchev–Trinajstić information content (AvgIpc) is 2.78. The van der Waals surface area contributed by atoms with E-state index in [1.165, 1.54) is 19.4 Å². The van der Waals surface area contributed by atoms with Gasteiger partial charge in [0, 0.05) is 30.9 Å². The number of sulfone groups is 1. The summed E-state index contributed by atoms with van der Waals surface area (Å²) >= 11 is 3.28. The first kappa shape index (κ1) is 25.9. The Hall–Kier alpha value is -1.73. The fraction of sp³-hybridized carbons (Fsp3) is 0.476. The van der Waals surface area contributed by atoms with Crippen LogP contribution in [-0.4, -0.2) is 66.2 Å². The molecule has 1 aliphatic heterocycles. The van der Waals surface area contributed by atoms with Crippen molar-refractivity contribution in [3.63, 3.8) is 0 Å². The van der Waals surface area contributed by atoms with Crippen LogP contribution in [0.4, 0.5) is 5.82 Å². The van der Waals surface area contributed by atoms with Gasteiger partial charge in [0.15, 0.2) is 9.84 Å². The molecule has 2 N–H and O–H groups in total. The fourth-order valence-electron chi connectivity index (χ4n) is 3.71. The third-order valence-corrected chi connectivity index (χ3v) is 9.29. The largest absolute Gasteiger partial charge is 0.497 e. The summed E-state index contributed by atoms with van der Waals surface area (Å²) < 4.78 is 64.1. The molecule has 1 saturated heterocycles. The first-order chi connectivity index (χ1) is 15.6. The van der Waals surface area contributed by atoms with Gasteiger partial charge in [-0.2, -0.15) is 0 Å². The van der Waals surface area contributed by atoms with E-state index >= 15 is 0 Å². The van der Waals surface area contributed by atoms with Crippen molar-refractivity contribution >= 4 is 41.6 Å². The Morgan fingerprint density at radius 3 is 2.58 bits per heavy atom. The molecule has 1 aliphatic rings. The zero-order chi connectivity index (χ0) is 24.1. The molecule has 0 amide bonds. The van der Waals surface area contributed by atoms with Crippen molar-refractivity contribution in [3.8, 4) is 5.75 Å². The molecule has 9 nitrogen and oxygen atoms in total. The number of nitrogens with one attached hydrogen (secondary N) is 2. The summed E-state index contributed by atoms with van der Waals surface area (Å²) in [6.07, 6.45) is 3.04. The van der Waals surface area contributed by atoms with Gasteiger partial charge in [0.25, 0.3) is 0 Å². The van der Waals surface area contributed by atoms with E-state index in [4.69, 9.17) is 9.47 Å².